The number of piperazine rings is 1. The number of rotatable bonds is 7. The number of hydrogen-bond donors (Lipinski definition) is 1. The van der Waals surface area contributed by atoms with Crippen LogP contribution in [-0.2, 0) is 11.3 Å². The van der Waals surface area contributed by atoms with E-state index in [4.69, 9.17) is 9.47 Å². The average molecular weight is 407 g/mol. The topological polar surface area (TPSA) is 81.5 Å². The van der Waals surface area contributed by atoms with Crippen molar-refractivity contribution in [1.82, 2.24) is 25.2 Å². The molecule has 156 valence electrons. The largest absolute Gasteiger partial charge is 0.494 e. The predicted octanol–water partition coefficient (Wildman–Crippen LogP) is 2.65. The normalized spacial score (nSPS) is 16.3. The number of amides is 1. The number of carbonyl (C=O) groups is 1. The SMILES string of the molecule is O=C(OCc1ccccc1)N1CCN[C@H](CCOc2ccc(-n3ccnn3)cc2)C1. The van der Waals surface area contributed by atoms with E-state index in [1.807, 2.05) is 54.6 Å². The first-order valence-electron chi connectivity index (χ1n) is 10.1. The molecule has 0 aliphatic carbocycles. The average Bonchev–Trinajstić information content (AvgIpc) is 3.34. The van der Waals surface area contributed by atoms with E-state index in [1.165, 1.54) is 0 Å². The fourth-order valence-electron chi connectivity index (χ4n) is 3.36. The number of carbonyl (C=O) groups excluding carboxylic acids is 1. The van der Waals surface area contributed by atoms with Gasteiger partial charge in [-0.2, -0.15) is 0 Å². The molecule has 1 amide bonds. The van der Waals surface area contributed by atoms with Gasteiger partial charge in [0.2, 0.25) is 0 Å². The Kier molecular flexibility index (Phi) is 6.56. The second-order valence-electron chi connectivity index (χ2n) is 7.12. The van der Waals surface area contributed by atoms with E-state index < -0.39 is 0 Å². The lowest BCUT2D eigenvalue weighted by Gasteiger charge is -2.33. The molecule has 1 aromatic heterocycles. The summed E-state index contributed by atoms with van der Waals surface area (Å²) in [4.78, 5) is 14.1. The van der Waals surface area contributed by atoms with Gasteiger partial charge in [0.05, 0.1) is 24.7 Å². The van der Waals surface area contributed by atoms with Crippen molar-refractivity contribution in [1.29, 1.82) is 0 Å². The van der Waals surface area contributed by atoms with Gasteiger partial charge in [-0.3, -0.25) is 0 Å². The minimum atomic E-state index is -0.269. The Bertz CT molecular complexity index is 916. The van der Waals surface area contributed by atoms with Gasteiger partial charge in [0, 0.05) is 25.7 Å². The quantitative estimate of drug-likeness (QED) is 0.649. The minimum Gasteiger partial charge on any atom is -0.494 e. The molecular weight excluding hydrogens is 382 g/mol. The fraction of sp³-hybridized carbons (Fsp3) is 0.318. The molecular formula is C22H25N5O3. The molecule has 1 fully saturated rings. The molecule has 0 unspecified atom stereocenters. The summed E-state index contributed by atoms with van der Waals surface area (Å²) in [7, 11) is 0. The van der Waals surface area contributed by atoms with E-state index in [0.717, 1.165) is 30.0 Å². The van der Waals surface area contributed by atoms with Crippen LogP contribution in [0.1, 0.15) is 12.0 Å². The maximum atomic E-state index is 12.4. The van der Waals surface area contributed by atoms with Crippen LogP contribution in [0.5, 0.6) is 5.75 Å². The zero-order valence-corrected chi connectivity index (χ0v) is 16.7. The van der Waals surface area contributed by atoms with Crippen LogP contribution >= 0.6 is 0 Å². The molecule has 1 atom stereocenters. The summed E-state index contributed by atoms with van der Waals surface area (Å²) < 4.78 is 13.0. The van der Waals surface area contributed by atoms with Gasteiger partial charge in [-0.1, -0.05) is 35.5 Å². The maximum Gasteiger partial charge on any atom is 0.410 e. The molecule has 1 N–H and O–H groups in total. The lowest BCUT2D eigenvalue weighted by Crippen LogP contribution is -2.53. The molecule has 0 spiro atoms. The lowest BCUT2D eigenvalue weighted by molar-refractivity contribution is 0.0827. The number of benzene rings is 2. The minimum absolute atomic E-state index is 0.178. The Morgan fingerprint density at radius 2 is 1.97 bits per heavy atom. The van der Waals surface area contributed by atoms with Crippen molar-refractivity contribution in [3.05, 3.63) is 72.6 Å². The van der Waals surface area contributed by atoms with Crippen LogP contribution in [0.2, 0.25) is 0 Å². The van der Waals surface area contributed by atoms with Crippen LogP contribution in [0.4, 0.5) is 4.79 Å². The van der Waals surface area contributed by atoms with E-state index in [1.54, 1.807) is 22.0 Å². The van der Waals surface area contributed by atoms with Gasteiger partial charge < -0.3 is 19.7 Å². The van der Waals surface area contributed by atoms with Gasteiger partial charge in [0.25, 0.3) is 0 Å². The maximum absolute atomic E-state index is 12.4. The fourth-order valence-corrected chi connectivity index (χ4v) is 3.36. The molecule has 0 bridgehead atoms. The number of ether oxygens (including phenoxy) is 2. The number of nitrogens with one attached hydrogen (secondary N) is 1. The molecule has 8 nitrogen and oxygen atoms in total. The highest BCUT2D eigenvalue weighted by Crippen LogP contribution is 2.15. The van der Waals surface area contributed by atoms with Crippen molar-refractivity contribution in [3.8, 4) is 11.4 Å². The lowest BCUT2D eigenvalue weighted by atomic mass is 10.1. The zero-order chi connectivity index (χ0) is 20.6. The van der Waals surface area contributed by atoms with Gasteiger partial charge >= 0.3 is 6.09 Å². The third-order valence-corrected chi connectivity index (χ3v) is 4.98. The summed E-state index contributed by atoms with van der Waals surface area (Å²) in [5, 5.41) is 11.2. The van der Waals surface area contributed by atoms with Crippen LogP contribution < -0.4 is 10.1 Å². The number of aromatic nitrogens is 3. The number of hydrogen-bond acceptors (Lipinski definition) is 6. The highest BCUT2D eigenvalue weighted by Gasteiger charge is 2.24. The molecule has 2 heterocycles. The van der Waals surface area contributed by atoms with E-state index in [9.17, 15) is 4.79 Å². The molecule has 30 heavy (non-hydrogen) atoms. The van der Waals surface area contributed by atoms with E-state index in [0.29, 0.717) is 26.3 Å². The van der Waals surface area contributed by atoms with Gasteiger partial charge in [-0.15, -0.1) is 5.10 Å². The van der Waals surface area contributed by atoms with Crippen LogP contribution in [0.25, 0.3) is 5.69 Å². The first-order valence-corrected chi connectivity index (χ1v) is 10.1. The molecule has 1 saturated heterocycles. The second kappa shape index (κ2) is 9.89. The van der Waals surface area contributed by atoms with Crippen molar-refractivity contribution in [2.24, 2.45) is 0 Å². The van der Waals surface area contributed by atoms with Gasteiger partial charge in [-0.05, 0) is 36.2 Å². The van der Waals surface area contributed by atoms with Gasteiger partial charge in [-0.25, -0.2) is 9.48 Å². The van der Waals surface area contributed by atoms with Crippen molar-refractivity contribution < 1.29 is 14.3 Å². The van der Waals surface area contributed by atoms with Crippen molar-refractivity contribution in [2.45, 2.75) is 19.1 Å². The smallest absolute Gasteiger partial charge is 0.410 e. The van der Waals surface area contributed by atoms with E-state index in [2.05, 4.69) is 15.6 Å². The summed E-state index contributed by atoms with van der Waals surface area (Å²) in [6, 6.07) is 17.6. The molecule has 3 aromatic rings. The Balaban J connectivity index is 1.20. The van der Waals surface area contributed by atoms with Crippen molar-refractivity contribution >= 4 is 6.09 Å². The summed E-state index contributed by atoms with van der Waals surface area (Å²) in [5.74, 6) is 0.800. The third-order valence-electron chi connectivity index (χ3n) is 4.98. The summed E-state index contributed by atoms with van der Waals surface area (Å²) in [6.07, 6.45) is 3.96. The molecule has 1 aliphatic rings. The predicted molar refractivity (Wildman–Crippen MR) is 111 cm³/mol. The second-order valence-corrected chi connectivity index (χ2v) is 7.12. The van der Waals surface area contributed by atoms with Gasteiger partial charge in [0.1, 0.15) is 12.4 Å². The molecule has 4 rings (SSSR count). The van der Waals surface area contributed by atoms with Crippen LogP contribution in [0.15, 0.2) is 67.0 Å². The molecule has 2 aromatic carbocycles. The third kappa shape index (κ3) is 5.36. The molecule has 1 aliphatic heterocycles. The summed E-state index contributed by atoms with van der Waals surface area (Å²) >= 11 is 0. The summed E-state index contributed by atoms with van der Waals surface area (Å²) in [5.41, 5.74) is 1.92. The van der Waals surface area contributed by atoms with Gasteiger partial charge in [0.15, 0.2) is 0 Å². The Morgan fingerprint density at radius 1 is 1.13 bits per heavy atom. The molecule has 8 heteroatoms. The zero-order valence-electron chi connectivity index (χ0n) is 16.7. The number of nitrogens with zero attached hydrogens (tertiary/aromatic N) is 4. The molecule has 0 saturated carbocycles. The van der Waals surface area contributed by atoms with Crippen molar-refractivity contribution in [2.75, 3.05) is 26.2 Å². The van der Waals surface area contributed by atoms with E-state index in [-0.39, 0.29) is 12.1 Å². The van der Waals surface area contributed by atoms with E-state index >= 15 is 0 Å². The van der Waals surface area contributed by atoms with Crippen LogP contribution in [0.3, 0.4) is 0 Å². The molecule has 0 radical (unpaired) electrons. The first kappa shape index (κ1) is 19.9. The Morgan fingerprint density at radius 3 is 2.73 bits per heavy atom. The first-order chi connectivity index (χ1) is 14.8. The Hall–Kier alpha value is -3.39. The van der Waals surface area contributed by atoms with Crippen LogP contribution in [-0.4, -0.2) is 58.3 Å². The Labute approximate surface area is 175 Å². The highest BCUT2D eigenvalue weighted by molar-refractivity contribution is 5.67. The van der Waals surface area contributed by atoms with Crippen molar-refractivity contribution in [3.63, 3.8) is 0 Å². The monoisotopic (exact) mass is 407 g/mol. The highest BCUT2D eigenvalue weighted by atomic mass is 16.6. The van der Waals surface area contributed by atoms with Crippen LogP contribution in [0, 0.1) is 0 Å². The summed E-state index contributed by atoms with van der Waals surface area (Å²) in [6.45, 7) is 2.86. The standard InChI is InChI=1S/C22H25N5O3/c28-22(30-17-18-4-2-1-3-5-18)26-13-11-23-19(16-26)10-15-29-21-8-6-20(7-9-21)27-14-12-24-25-27/h1-9,12,14,19,23H,10-11,13,15-17H2/t19-/m1/s1.